The van der Waals surface area contributed by atoms with Gasteiger partial charge in [0.2, 0.25) is 5.91 Å². The van der Waals surface area contributed by atoms with E-state index < -0.39 is 18.2 Å². The Morgan fingerprint density at radius 2 is 0.965 bits per heavy atom. The van der Waals surface area contributed by atoms with Gasteiger partial charge < -0.3 is 20.3 Å². The Morgan fingerprint density at radius 1 is 0.526 bits per heavy atom. The van der Waals surface area contributed by atoms with E-state index in [0.29, 0.717) is 19.3 Å². The maximum Gasteiger partial charge on any atom is 0.306 e. The minimum atomic E-state index is -0.798. The molecule has 0 heterocycles. The Bertz CT molecular complexity index is 1070. The van der Waals surface area contributed by atoms with Gasteiger partial charge in [0.05, 0.1) is 25.2 Å². The highest BCUT2D eigenvalue weighted by Crippen LogP contribution is 2.17. The molecular weight excluding hydrogens is 707 g/mol. The van der Waals surface area contributed by atoms with Crippen molar-refractivity contribution in [1.82, 2.24) is 5.32 Å². The number of hydrogen-bond donors (Lipinski definition) is 3. The summed E-state index contributed by atoms with van der Waals surface area (Å²) in [6, 6.07) is -0.714. The second-order valence-corrected chi connectivity index (χ2v) is 15.9. The summed E-state index contributed by atoms with van der Waals surface area (Å²) in [6.45, 7) is 6.29. The number of nitrogens with one attached hydrogen (secondary N) is 1. The lowest BCUT2D eigenvalue weighted by atomic mass is 10.0. The number of amides is 1. The van der Waals surface area contributed by atoms with Crippen LogP contribution in [-0.2, 0) is 14.3 Å². The molecule has 6 nitrogen and oxygen atoms in total. The molecule has 57 heavy (non-hydrogen) atoms. The van der Waals surface area contributed by atoms with Crippen molar-refractivity contribution in [3.05, 3.63) is 72.9 Å². The molecule has 0 saturated carbocycles. The number of ether oxygens (including phenoxy) is 1. The lowest BCUT2D eigenvalue weighted by Gasteiger charge is -2.24. The Kier molecular flexibility index (Phi) is 42.3. The predicted octanol–water partition coefficient (Wildman–Crippen LogP) is 13.8. The summed E-state index contributed by atoms with van der Waals surface area (Å²) in [5.74, 6) is -0.536. The number of carbonyl (C=O) groups excluding carboxylic acids is 2. The Hall–Kier alpha value is -2.70. The fraction of sp³-hybridized carbons (Fsp3) is 0.725. The van der Waals surface area contributed by atoms with Gasteiger partial charge >= 0.3 is 5.97 Å². The minimum absolute atomic E-state index is 0.0515. The quantitative estimate of drug-likeness (QED) is 0.0248. The monoisotopic (exact) mass is 796 g/mol. The molecule has 3 unspecified atom stereocenters. The normalized spacial score (nSPS) is 14.0. The average Bonchev–Trinajstić information content (AvgIpc) is 3.20. The molecular formula is C51H89NO5. The van der Waals surface area contributed by atoms with Gasteiger partial charge in [-0.1, -0.05) is 203 Å². The molecule has 0 aromatic carbocycles. The lowest BCUT2D eigenvalue weighted by Crippen LogP contribution is -2.46. The fourth-order valence-electron chi connectivity index (χ4n) is 6.80. The molecule has 0 aromatic heterocycles. The van der Waals surface area contributed by atoms with Crippen LogP contribution in [0.5, 0.6) is 0 Å². The fourth-order valence-corrected chi connectivity index (χ4v) is 6.80. The molecule has 0 radical (unpaired) electrons. The van der Waals surface area contributed by atoms with Crippen molar-refractivity contribution in [3.63, 3.8) is 0 Å². The molecule has 0 rings (SSSR count). The summed E-state index contributed by atoms with van der Waals surface area (Å²) in [7, 11) is 0. The molecule has 0 aliphatic heterocycles. The van der Waals surface area contributed by atoms with Crippen LogP contribution in [0.2, 0.25) is 0 Å². The summed E-state index contributed by atoms with van der Waals surface area (Å²) < 4.78 is 5.89. The van der Waals surface area contributed by atoms with Gasteiger partial charge in [-0.05, 0) is 70.6 Å². The van der Waals surface area contributed by atoms with Crippen molar-refractivity contribution in [1.29, 1.82) is 0 Å². The average molecular weight is 796 g/mol. The van der Waals surface area contributed by atoms with E-state index in [9.17, 15) is 19.8 Å². The molecule has 6 heteroatoms. The largest absolute Gasteiger partial charge is 0.462 e. The smallest absolute Gasteiger partial charge is 0.306 e. The van der Waals surface area contributed by atoms with Crippen LogP contribution in [0.1, 0.15) is 213 Å². The maximum atomic E-state index is 13.1. The third-order valence-corrected chi connectivity index (χ3v) is 10.4. The zero-order chi connectivity index (χ0) is 41.7. The molecule has 0 bridgehead atoms. The highest BCUT2D eigenvalue weighted by atomic mass is 16.5. The Balaban J connectivity index is 4.71. The summed E-state index contributed by atoms with van der Waals surface area (Å²) in [5.41, 5.74) is 0. The van der Waals surface area contributed by atoms with Gasteiger partial charge in [-0.25, -0.2) is 0 Å². The van der Waals surface area contributed by atoms with Crippen LogP contribution in [0.25, 0.3) is 0 Å². The Labute approximate surface area is 351 Å². The van der Waals surface area contributed by atoms with E-state index in [-0.39, 0.29) is 24.9 Å². The number of unbranched alkanes of at least 4 members (excludes halogenated alkanes) is 21. The number of carbonyl (C=O) groups is 2. The number of aliphatic hydroxyl groups excluding tert-OH is 2. The molecule has 0 saturated heterocycles. The van der Waals surface area contributed by atoms with Crippen molar-refractivity contribution >= 4 is 11.9 Å². The van der Waals surface area contributed by atoms with Gasteiger partial charge in [-0.2, -0.15) is 0 Å². The number of allylic oxidation sites excluding steroid dienone is 12. The first-order chi connectivity index (χ1) is 28.0. The van der Waals surface area contributed by atoms with Crippen molar-refractivity contribution in [2.24, 2.45) is 0 Å². The van der Waals surface area contributed by atoms with Gasteiger partial charge in [0.1, 0.15) is 6.10 Å². The van der Waals surface area contributed by atoms with Gasteiger partial charge in [0.25, 0.3) is 0 Å². The van der Waals surface area contributed by atoms with Crippen molar-refractivity contribution in [2.75, 3.05) is 6.61 Å². The van der Waals surface area contributed by atoms with E-state index in [0.717, 1.165) is 77.0 Å². The van der Waals surface area contributed by atoms with Crippen molar-refractivity contribution < 1.29 is 24.5 Å². The first-order valence-electron chi connectivity index (χ1n) is 23.7. The van der Waals surface area contributed by atoms with Crippen LogP contribution >= 0.6 is 0 Å². The van der Waals surface area contributed by atoms with Crippen molar-refractivity contribution in [3.8, 4) is 0 Å². The van der Waals surface area contributed by atoms with Crippen LogP contribution in [0.4, 0.5) is 0 Å². The minimum Gasteiger partial charge on any atom is -0.462 e. The molecule has 0 aliphatic carbocycles. The van der Waals surface area contributed by atoms with Crippen LogP contribution in [0, 0.1) is 0 Å². The molecule has 328 valence electrons. The highest BCUT2D eigenvalue weighted by molar-refractivity contribution is 5.77. The number of rotatable bonds is 41. The Morgan fingerprint density at radius 3 is 1.51 bits per heavy atom. The van der Waals surface area contributed by atoms with Gasteiger partial charge in [0.15, 0.2) is 0 Å². The maximum absolute atomic E-state index is 13.1. The zero-order valence-corrected chi connectivity index (χ0v) is 37.2. The first-order valence-corrected chi connectivity index (χ1v) is 23.7. The van der Waals surface area contributed by atoms with E-state index in [1.807, 2.05) is 42.5 Å². The van der Waals surface area contributed by atoms with Crippen LogP contribution in [0.15, 0.2) is 72.9 Å². The third kappa shape index (κ3) is 39.9. The third-order valence-electron chi connectivity index (χ3n) is 10.4. The lowest BCUT2D eigenvalue weighted by molar-refractivity contribution is -0.151. The molecule has 3 atom stereocenters. The van der Waals surface area contributed by atoms with E-state index in [4.69, 9.17) is 4.74 Å². The molecule has 1 amide bonds. The van der Waals surface area contributed by atoms with E-state index in [1.54, 1.807) is 0 Å². The topological polar surface area (TPSA) is 95.9 Å². The summed E-state index contributed by atoms with van der Waals surface area (Å²) in [4.78, 5) is 26.0. The second-order valence-electron chi connectivity index (χ2n) is 15.9. The van der Waals surface area contributed by atoms with Gasteiger partial charge in [0, 0.05) is 6.42 Å². The second kappa shape index (κ2) is 44.4. The molecule has 3 N–H and O–H groups in total. The van der Waals surface area contributed by atoms with E-state index in [1.165, 1.54) is 89.9 Å². The number of hydrogen-bond acceptors (Lipinski definition) is 5. The van der Waals surface area contributed by atoms with E-state index in [2.05, 4.69) is 56.5 Å². The standard InChI is InChI=1S/C51H89NO5/c1-4-7-10-13-16-19-22-24-25-27-29-32-35-38-41-44-51(56)57-47(42-39-36-33-30-28-26-23-20-17-14-11-8-5-2)45-50(55)52-48(46-53)49(54)43-40-37-34-31-21-18-15-12-9-6-3/h7,10,13,16,19-20,22-25,27,29,47-49,53-54H,4-6,8-9,11-12,14-15,17-18,21,26,28,30-46H2,1-3H3,(H,52,55)/b10-7+,16-13+,22-19-,23-20-,25-24-,29-27+. The summed E-state index contributed by atoms with van der Waals surface area (Å²) in [5, 5.41) is 23.6. The number of esters is 1. The highest BCUT2D eigenvalue weighted by Gasteiger charge is 2.24. The van der Waals surface area contributed by atoms with Gasteiger partial charge in [-0.3, -0.25) is 9.59 Å². The van der Waals surface area contributed by atoms with Crippen molar-refractivity contribution in [2.45, 2.75) is 232 Å². The van der Waals surface area contributed by atoms with Crippen LogP contribution < -0.4 is 5.32 Å². The van der Waals surface area contributed by atoms with E-state index >= 15 is 0 Å². The zero-order valence-electron chi connectivity index (χ0n) is 37.2. The molecule has 0 spiro atoms. The van der Waals surface area contributed by atoms with Crippen LogP contribution in [0.3, 0.4) is 0 Å². The van der Waals surface area contributed by atoms with Crippen LogP contribution in [-0.4, -0.2) is 46.9 Å². The number of aliphatic hydroxyl groups is 2. The molecule has 0 fully saturated rings. The van der Waals surface area contributed by atoms with Gasteiger partial charge in [-0.15, -0.1) is 0 Å². The molecule has 0 aliphatic rings. The SMILES string of the molecule is CC/C=C/C=C/C=C\C=C/C=C/CCCCCC(=O)OC(CCCCCCC/C=C\CCCCCC)CC(=O)NC(CO)C(O)CCCCCCCCCCCC. The summed E-state index contributed by atoms with van der Waals surface area (Å²) >= 11 is 0. The summed E-state index contributed by atoms with van der Waals surface area (Å²) in [6.07, 6.45) is 55.2. The molecule has 0 aromatic rings. The first kappa shape index (κ1) is 54.3. The predicted molar refractivity (Wildman–Crippen MR) is 245 cm³/mol.